The van der Waals surface area contributed by atoms with Crippen molar-refractivity contribution >= 4 is 23.1 Å². The summed E-state index contributed by atoms with van der Waals surface area (Å²) >= 11 is 6.15. The largest absolute Gasteiger partial charge is 0.395 e. The molecule has 19 heavy (non-hydrogen) atoms. The maximum absolute atomic E-state index is 6.18. The summed E-state index contributed by atoms with van der Waals surface area (Å²) in [7, 11) is 3.08. The van der Waals surface area contributed by atoms with Gasteiger partial charge in [0.1, 0.15) is 0 Å². The Kier molecular flexibility index (Phi) is 4.81. The molecule has 0 atom stereocenters. The number of halogens is 1. The van der Waals surface area contributed by atoms with E-state index in [9.17, 15) is 0 Å². The minimum absolute atomic E-state index is 0.434. The van der Waals surface area contributed by atoms with Gasteiger partial charge in [-0.1, -0.05) is 11.6 Å². The van der Waals surface area contributed by atoms with Crippen molar-refractivity contribution in [1.29, 1.82) is 0 Å². The minimum Gasteiger partial charge on any atom is -0.395 e. The van der Waals surface area contributed by atoms with E-state index in [1.165, 1.54) is 0 Å². The van der Waals surface area contributed by atoms with Crippen molar-refractivity contribution in [3.8, 4) is 0 Å². The third kappa shape index (κ3) is 2.92. The lowest BCUT2D eigenvalue weighted by molar-refractivity contribution is -0.105. The normalized spacial score (nSPS) is 16.1. The fourth-order valence-electron chi connectivity index (χ4n) is 2.10. The van der Waals surface area contributed by atoms with Crippen molar-refractivity contribution in [2.24, 2.45) is 0 Å². The number of pyridine rings is 1. The van der Waals surface area contributed by atoms with E-state index in [1.807, 2.05) is 0 Å². The number of hydrogen-bond donors (Lipinski definition) is 1. The molecule has 6 nitrogen and oxygen atoms in total. The molecule has 106 valence electrons. The quantitative estimate of drug-likeness (QED) is 0.845. The van der Waals surface area contributed by atoms with E-state index in [0.29, 0.717) is 35.3 Å². The van der Waals surface area contributed by atoms with Crippen molar-refractivity contribution in [2.45, 2.75) is 6.29 Å². The van der Waals surface area contributed by atoms with Crippen LogP contribution in [0.3, 0.4) is 0 Å². The maximum Gasteiger partial charge on any atom is 0.186 e. The number of aromatic nitrogens is 1. The highest BCUT2D eigenvalue weighted by molar-refractivity contribution is 6.31. The molecule has 0 bridgehead atoms. The van der Waals surface area contributed by atoms with Gasteiger partial charge in [-0.2, -0.15) is 0 Å². The second-order valence-corrected chi connectivity index (χ2v) is 4.57. The smallest absolute Gasteiger partial charge is 0.186 e. The van der Waals surface area contributed by atoms with Gasteiger partial charge in [-0.25, -0.2) is 4.98 Å². The fourth-order valence-corrected chi connectivity index (χ4v) is 2.34. The molecule has 1 fully saturated rings. The van der Waals surface area contributed by atoms with E-state index in [2.05, 4.69) is 9.88 Å². The summed E-state index contributed by atoms with van der Waals surface area (Å²) < 4.78 is 15.8. The highest BCUT2D eigenvalue weighted by atomic mass is 35.5. The van der Waals surface area contributed by atoms with Gasteiger partial charge < -0.3 is 24.8 Å². The molecule has 0 saturated carbocycles. The topological polar surface area (TPSA) is 69.8 Å². The highest BCUT2D eigenvalue weighted by Crippen LogP contribution is 2.36. The summed E-state index contributed by atoms with van der Waals surface area (Å²) in [5.41, 5.74) is 7.28. The Balaban J connectivity index is 2.38. The number of morpholine rings is 1. The molecule has 1 aromatic heterocycles. The van der Waals surface area contributed by atoms with E-state index in [4.69, 9.17) is 31.5 Å². The number of rotatable bonds is 4. The van der Waals surface area contributed by atoms with Crippen molar-refractivity contribution < 1.29 is 14.2 Å². The first-order valence-electron chi connectivity index (χ1n) is 6.01. The van der Waals surface area contributed by atoms with Crippen LogP contribution in [0.4, 0.5) is 11.5 Å². The van der Waals surface area contributed by atoms with E-state index in [0.717, 1.165) is 13.1 Å². The van der Waals surface area contributed by atoms with Crippen LogP contribution in [0.2, 0.25) is 5.02 Å². The minimum atomic E-state index is -0.602. The number of nitrogen functional groups attached to an aromatic ring is 1. The van der Waals surface area contributed by atoms with Crippen LogP contribution in [-0.2, 0) is 14.2 Å². The third-order valence-electron chi connectivity index (χ3n) is 3.06. The Morgan fingerprint density at radius 2 is 2.00 bits per heavy atom. The van der Waals surface area contributed by atoms with Crippen LogP contribution in [0.25, 0.3) is 0 Å². The van der Waals surface area contributed by atoms with Crippen molar-refractivity contribution in [1.82, 2.24) is 4.98 Å². The van der Waals surface area contributed by atoms with Gasteiger partial charge in [0.2, 0.25) is 0 Å². The van der Waals surface area contributed by atoms with Crippen LogP contribution in [0.5, 0.6) is 0 Å². The molecule has 0 unspecified atom stereocenters. The molecule has 1 saturated heterocycles. The van der Waals surface area contributed by atoms with Gasteiger partial charge in [-0.05, 0) is 0 Å². The molecule has 2 N–H and O–H groups in total. The lowest BCUT2D eigenvalue weighted by Crippen LogP contribution is -2.37. The Labute approximate surface area is 117 Å². The Morgan fingerprint density at radius 3 is 2.58 bits per heavy atom. The monoisotopic (exact) mass is 287 g/mol. The molecule has 0 aromatic carbocycles. The molecule has 1 aromatic rings. The lowest BCUT2D eigenvalue weighted by Gasteiger charge is -2.30. The van der Waals surface area contributed by atoms with Gasteiger partial charge in [0.15, 0.2) is 12.1 Å². The molecule has 1 aliphatic rings. The average Bonchev–Trinajstić information content (AvgIpc) is 2.44. The standard InChI is InChI=1S/C12H18ClN3O3/c1-17-12(18-2)9-8(13)7-15-11(10(9)14)16-3-5-19-6-4-16/h7,12H,3-6,14H2,1-2H3. The second-order valence-electron chi connectivity index (χ2n) is 4.16. The fraction of sp³-hybridized carbons (Fsp3) is 0.583. The Hall–Kier alpha value is -1.08. The zero-order valence-electron chi connectivity index (χ0n) is 11.1. The average molecular weight is 288 g/mol. The summed E-state index contributed by atoms with van der Waals surface area (Å²) in [6.45, 7) is 2.83. The summed E-state index contributed by atoms with van der Waals surface area (Å²) in [6.07, 6.45) is 0.971. The molecule has 2 heterocycles. The van der Waals surface area contributed by atoms with Gasteiger partial charge in [0.25, 0.3) is 0 Å². The molecule has 0 spiro atoms. The first-order chi connectivity index (χ1) is 9.19. The van der Waals surface area contributed by atoms with Crippen LogP contribution in [0, 0.1) is 0 Å². The highest BCUT2D eigenvalue weighted by Gasteiger charge is 2.23. The van der Waals surface area contributed by atoms with E-state index in [-0.39, 0.29) is 0 Å². The van der Waals surface area contributed by atoms with Crippen LogP contribution < -0.4 is 10.6 Å². The van der Waals surface area contributed by atoms with Crippen molar-refractivity contribution in [3.63, 3.8) is 0 Å². The number of methoxy groups -OCH3 is 2. The van der Waals surface area contributed by atoms with Crippen LogP contribution in [0.1, 0.15) is 11.9 Å². The first kappa shape index (κ1) is 14.3. The predicted octanol–water partition coefficient (Wildman–Crippen LogP) is 1.45. The van der Waals surface area contributed by atoms with E-state index in [1.54, 1.807) is 20.4 Å². The Bertz CT molecular complexity index is 434. The predicted molar refractivity (Wildman–Crippen MR) is 73.5 cm³/mol. The van der Waals surface area contributed by atoms with Crippen molar-refractivity contribution in [2.75, 3.05) is 51.2 Å². The molecular formula is C12H18ClN3O3. The van der Waals surface area contributed by atoms with E-state index < -0.39 is 6.29 Å². The molecule has 0 radical (unpaired) electrons. The van der Waals surface area contributed by atoms with Gasteiger partial charge in [-0.15, -0.1) is 0 Å². The zero-order chi connectivity index (χ0) is 13.8. The maximum atomic E-state index is 6.18. The SMILES string of the molecule is COC(OC)c1c(Cl)cnc(N2CCOCC2)c1N. The third-order valence-corrected chi connectivity index (χ3v) is 3.36. The second kappa shape index (κ2) is 6.38. The molecule has 0 aliphatic carbocycles. The van der Waals surface area contributed by atoms with Crippen LogP contribution in [-0.4, -0.2) is 45.5 Å². The number of nitrogens with two attached hydrogens (primary N) is 1. The first-order valence-corrected chi connectivity index (χ1v) is 6.39. The molecule has 2 rings (SSSR count). The molecule has 0 amide bonds. The Morgan fingerprint density at radius 1 is 1.37 bits per heavy atom. The number of anilines is 2. The van der Waals surface area contributed by atoms with Crippen LogP contribution in [0.15, 0.2) is 6.20 Å². The summed E-state index contributed by atoms with van der Waals surface area (Å²) in [5.74, 6) is 0.696. The zero-order valence-corrected chi connectivity index (χ0v) is 11.8. The lowest BCUT2D eigenvalue weighted by atomic mass is 10.2. The van der Waals surface area contributed by atoms with Gasteiger partial charge in [-0.3, -0.25) is 0 Å². The summed E-state index contributed by atoms with van der Waals surface area (Å²) in [5, 5.41) is 0.434. The molecular weight excluding hydrogens is 270 g/mol. The van der Waals surface area contributed by atoms with Gasteiger partial charge in [0.05, 0.1) is 29.5 Å². The number of nitrogens with zero attached hydrogens (tertiary/aromatic N) is 2. The van der Waals surface area contributed by atoms with E-state index >= 15 is 0 Å². The number of ether oxygens (including phenoxy) is 3. The number of hydrogen-bond acceptors (Lipinski definition) is 6. The van der Waals surface area contributed by atoms with Crippen LogP contribution >= 0.6 is 11.6 Å². The van der Waals surface area contributed by atoms with Gasteiger partial charge in [0, 0.05) is 33.5 Å². The van der Waals surface area contributed by atoms with Gasteiger partial charge >= 0.3 is 0 Å². The summed E-state index contributed by atoms with van der Waals surface area (Å²) in [4.78, 5) is 6.39. The summed E-state index contributed by atoms with van der Waals surface area (Å²) in [6, 6.07) is 0. The van der Waals surface area contributed by atoms with Crippen molar-refractivity contribution in [3.05, 3.63) is 16.8 Å². The molecule has 7 heteroatoms. The molecule has 1 aliphatic heterocycles.